The second-order valence-corrected chi connectivity index (χ2v) is 12.2. The lowest BCUT2D eigenvalue weighted by Crippen LogP contribution is -2.10. The van der Waals surface area contributed by atoms with Gasteiger partial charge in [0, 0.05) is 5.56 Å². The first-order valence-corrected chi connectivity index (χ1v) is 15.4. The van der Waals surface area contributed by atoms with E-state index in [0.717, 1.165) is 31.7 Å². The molecule has 4 rings (SSSR count). The highest BCUT2D eigenvalue weighted by molar-refractivity contribution is 7.86. The molecular formula is C28H16F8N2O8S2. The van der Waals surface area contributed by atoms with Crippen molar-refractivity contribution in [3.8, 4) is 28.4 Å². The van der Waals surface area contributed by atoms with Crippen molar-refractivity contribution >= 4 is 32.7 Å². The van der Waals surface area contributed by atoms with E-state index in [1.54, 1.807) is 0 Å². The number of methoxy groups -OCH3 is 1. The highest BCUT2D eigenvalue weighted by Gasteiger charge is 2.35. The van der Waals surface area contributed by atoms with Crippen LogP contribution in [0.2, 0.25) is 0 Å². The van der Waals surface area contributed by atoms with Gasteiger partial charge in [-0.2, -0.15) is 35.8 Å². The van der Waals surface area contributed by atoms with Gasteiger partial charge < -0.3 is 9.47 Å². The first kappa shape index (κ1) is 35.9. The van der Waals surface area contributed by atoms with Gasteiger partial charge >= 0.3 is 0 Å². The fourth-order valence-electron chi connectivity index (χ4n) is 4.06. The molecule has 0 saturated carbocycles. The lowest BCUT2D eigenvalue weighted by Gasteiger charge is -2.16. The Balaban J connectivity index is 1.72. The van der Waals surface area contributed by atoms with E-state index in [1.807, 2.05) is 0 Å². The van der Waals surface area contributed by atoms with Crippen LogP contribution < -0.4 is 9.47 Å². The van der Waals surface area contributed by atoms with Crippen LogP contribution in [-0.2, 0) is 20.2 Å². The molecule has 0 aliphatic carbocycles. The fraction of sp³-hybridized carbons (Fsp3) is 0.0714. The third kappa shape index (κ3) is 6.86. The summed E-state index contributed by atoms with van der Waals surface area (Å²) in [5.74, 6) is -22.5. The average molecular weight is 725 g/mol. The molecule has 0 heterocycles. The van der Waals surface area contributed by atoms with Crippen LogP contribution in [0.5, 0.6) is 17.2 Å². The van der Waals surface area contributed by atoms with E-state index < -0.39 is 105 Å². The van der Waals surface area contributed by atoms with Crippen molar-refractivity contribution in [3.05, 3.63) is 99.6 Å². The summed E-state index contributed by atoms with van der Waals surface area (Å²) < 4.78 is 192. The molecule has 0 aliphatic rings. The lowest BCUT2D eigenvalue weighted by atomic mass is 9.99. The quantitative estimate of drug-likeness (QED) is 0.0651. The molecule has 20 heteroatoms. The first-order valence-electron chi connectivity index (χ1n) is 12.5. The topological polar surface area (TPSA) is 152 Å². The highest BCUT2D eigenvalue weighted by Crippen LogP contribution is 2.42. The van der Waals surface area contributed by atoms with Crippen LogP contribution >= 0.6 is 0 Å². The van der Waals surface area contributed by atoms with Crippen molar-refractivity contribution in [2.45, 2.75) is 16.7 Å². The molecule has 4 aromatic carbocycles. The summed E-state index contributed by atoms with van der Waals surface area (Å²) in [4.78, 5) is -1.84. The van der Waals surface area contributed by atoms with Crippen LogP contribution in [0, 0.1) is 53.5 Å². The lowest BCUT2D eigenvalue weighted by molar-refractivity contribution is 0.360. The Bertz CT molecular complexity index is 2210. The van der Waals surface area contributed by atoms with Gasteiger partial charge in [0.25, 0.3) is 20.2 Å². The Kier molecular flexibility index (Phi) is 9.95. The molecule has 0 bridgehead atoms. The van der Waals surface area contributed by atoms with Crippen LogP contribution in [0.1, 0.15) is 16.7 Å². The van der Waals surface area contributed by atoms with E-state index in [0.29, 0.717) is 19.1 Å². The summed E-state index contributed by atoms with van der Waals surface area (Å²) >= 11 is 0. The summed E-state index contributed by atoms with van der Waals surface area (Å²) in [6.45, 7) is 0.579. The number of halogens is 8. The van der Waals surface area contributed by atoms with Crippen molar-refractivity contribution in [3.63, 3.8) is 0 Å². The minimum absolute atomic E-state index is 0.0978. The zero-order valence-electron chi connectivity index (χ0n) is 23.7. The first-order chi connectivity index (χ1) is 22.3. The van der Waals surface area contributed by atoms with E-state index in [2.05, 4.69) is 10.2 Å². The van der Waals surface area contributed by atoms with Crippen molar-refractivity contribution in [2.24, 2.45) is 10.2 Å². The Morgan fingerprint density at radius 1 is 0.604 bits per heavy atom. The molecule has 0 amide bonds. The number of hydrogen-bond donors (Lipinski definition) is 2. The molecule has 0 aliphatic heterocycles. The Labute approximate surface area is 265 Å². The number of rotatable bonds is 9. The number of nitrogens with zero attached hydrogens (tertiary/aromatic N) is 2. The SMILES string of the molecule is COc1ccc(/C=N/N=C/c2ccc(Oc3c(F)c(F)c(-c4c(F)c(F)c(C)c(F)c4F)c(F)c3F)c(S(=O)(=O)O)c2)cc1S(=O)(=O)O. The molecule has 0 radical (unpaired) electrons. The summed E-state index contributed by atoms with van der Waals surface area (Å²) in [6.07, 6.45) is 1.86. The predicted molar refractivity (Wildman–Crippen MR) is 151 cm³/mol. The Morgan fingerprint density at radius 3 is 1.38 bits per heavy atom. The highest BCUT2D eigenvalue weighted by atomic mass is 32.2. The number of benzene rings is 4. The summed E-state index contributed by atoms with van der Waals surface area (Å²) in [7, 11) is -8.86. The molecule has 0 fully saturated rings. The standard InChI is InChI=1S/C28H16F8N2O8S2/c1-11-20(29)22(31)18(23(32)21(11)30)19-24(33)26(35)28(27(36)25(19)34)46-15-6-4-13(8-17(15)48(42,43)44)10-38-37-9-12-3-5-14(45-2)16(7-12)47(39,40)41/h3-10H,1-2H3,(H,39,40,41)(H,42,43,44)/b37-9+,38-10+. The van der Waals surface area contributed by atoms with Crippen LogP contribution in [0.3, 0.4) is 0 Å². The van der Waals surface area contributed by atoms with Gasteiger partial charge in [0.15, 0.2) is 34.9 Å². The van der Waals surface area contributed by atoms with Crippen LogP contribution in [0.4, 0.5) is 35.1 Å². The van der Waals surface area contributed by atoms with E-state index in [1.165, 1.54) is 12.1 Å². The number of ether oxygens (including phenoxy) is 2. The van der Waals surface area contributed by atoms with Crippen molar-refractivity contribution < 1.29 is 70.5 Å². The van der Waals surface area contributed by atoms with Gasteiger partial charge in [-0.1, -0.05) is 0 Å². The maximum Gasteiger partial charge on any atom is 0.298 e. The molecule has 0 aromatic heterocycles. The van der Waals surface area contributed by atoms with E-state index in [9.17, 15) is 61.1 Å². The Morgan fingerprint density at radius 2 is 0.979 bits per heavy atom. The largest absolute Gasteiger partial charge is 0.495 e. The maximum atomic E-state index is 15.0. The van der Waals surface area contributed by atoms with Crippen LogP contribution in [0.25, 0.3) is 11.1 Å². The minimum Gasteiger partial charge on any atom is -0.495 e. The van der Waals surface area contributed by atoms with Crippen molar-refractivity contribution in [1.29, 1.82) is 0 Å². The third-order valence-corrected chi connectivity index (χ3v) is 8.11. The molecule has 10 nitrogen and oxygen atoms in total. The molecule has 0 saturated heterocycles. The molecule has 254 valence electrons. The zero-order chi connectivity index (χ0) is 35.9. The van der Waals surface area contributed by atoms with Crippen LogP contribution in [-0.4, -0.2) is 45.5 Å². The van der Waals surface area contributed by atoms with E-state index in [4.69, 9.17) is 9.47 Å². The smallest absolute Gasteiger partial charge is 0.298 e. The third-order valence-electron chi connectivity index (χ3n) is 6.36. The van der Waals surface area contributed by atoms with Crippen LogP contribution in [0.15, 0.2) is 56.4 Å². The Hall–Kier alpha value is -4.92. The molecule has 0 spiro atoms. The van der Waals surface area contributed by atoms with Gasteiger partial charge in [0.2, 0.25) is 17.4 Å². The predicted octanol–water partition coefficient (Wildman–Crippen LogP) is 6.52. The molecule has 0 atom stereocenters. The fourth-order valence-corrected chi connectivity index (χ4v) is 5.40. The monoisotopic (exact) mass is 724 g/mol. The maximum absolute atomic E-state index is 15.0. The normalized spacial score (nSPS) is 12.3. The number of hydrogen-bond acceptors (Lipinski definition) is 8. The van der Waals surface area contributed by atoms with Gasteiger partial charge in [-0.05, 0) is 54.4 Å². The van der Waals surface area contributed by atoms with Gasteiger partial charge in [0.1, 0.15) is 21.3 Å². The van der Waals surface area contributed by atoms with Gasteiger partial charge in [-0.25, -0.2) is 26.3 Å². The van der Waals surface area contributed by atoms with E-state index in [-0.39, 0.29) is 16.9 Å². The molecular weight excluding hydrogens is 708 g/mol. The molecule has 48 heavy (non-hydrogen) atoms. The molecule has 2 N–H and O–H groups in total. The van der Waals surface area contributed by atoms with Gasteiger partial charge in [-0.15, -0.1) is 0 Å². The van der Waals surface area contributed by atoms with Gasteiger partial charge in [0.05, 0.1) is 30.7 Å². The summed E-state index contributed by atoms with van der Waals surface area (Å²) in [5, 5.41) is 7.18. The average Bonchev–Trinajstić information content (AvgIpc) is 3.03. The van der Waals surface area contributed by atoms with E-state index >= 15 is 0 Å². The molecule has 4 aromatic rings. The summed E-state index contributed by atoms with van der Waals surface area (Å²) in [6, 6.07) is 5.70. The van der Waals surface area contributed by atoms with Crippen molar-refractivity contribution in [2.75, 3.05) is 7.11 Å². The second kappa shape index (κ2) is 13.3. The molecule has 0 unspecified atom stereocenters. The zero-order valence-corrected chi connectivity index (χ0v) is 25.3. The van der Waals surface area contributed by atoms with Crippen molar-refractivity contribution in [1.82, 2.24) is 0 Å². The summed E-state index contributed by atoms with van der Waals surface area (Å²) in [5.41, 5.74) is -5.63. The van der Waals surface area contributed by atoms with Gasteiger partial charge in [-0.3, -0.25) is 9.11 Å². The minimum atomic E-state index is -5.33. The second-order valence-electron chi connectivity index (χ2n) is 9.37.